The summed E-state index contributed by atoms with van der Waals surface area (Å²) in [6.07, 6.45) is 2.79. The van der Waals surface area contributed by atoms with Crippen LogP contribution in [0.2, 0.25) is 0 Å². The Balaban J connectivity index is 2.68. The highest BCUT2D eigenvalue weighted by atomic mass is 16.3. The number of unbranched alkanes of at least 4 members (excludes halogenated alkanes) is 1. The van der Waals surface area contributed by atoms with Gasteiger partial charge in [0.25, 0.3) is 0 Å². The van der Waals surface area contributed by atoms with E-state index in [-0.39, 0.29) is 11.5 Å². The minimum Gasteiger partial charge on any atom is -0.508 e. The number of carbonyl (C=O) groups is 1. The zero-order valence-electron chi connectivity index (χ0n) is 8.99. The molecule has 0 heterocycles. The molecule has 0 aromatic heterocycles. The van der Waals surface area contributed by atoms with Crippen LogP contribution >= 0.6 is 0 Å². The maximum absolute atomic E-state index is 11.8. The molecule has 0 aliphatic rings. The highest BCUT2D eigenvalue weighted by Gasteiger charge is 2.09. The molecule has 0 saturated heterocycles. The first-order chi connectivity index (χ1) is 7.15. The molecule has 0 aliphatic carbocycles. The molecular weight excluding hydrogens is 188 g/mol. The lowest BCUT2D eigenvalue weighted by Gasteiger charge is -2.03. The van der Waals surface area contributed by atoms with Crippen LogP contribution in [0.25, 0.3) is 0 Å². The summed E-state index contributed by atoms with van der Waals surface area (Å²) >= 11 is 0. The first-order valence-corrected chi connectivity index (χ1v) is 5.16. The highest BCUT2D eigenvalue weighted by Crippen LogP contribution is 2.15. The van der Waals surface area contributed by atoms with Crippen LogP contribution in [0.5, 0.6) is 5.75 Å². The van der Waals surface area contributed by atoms with Crippen LogP contribution in [0.4, 0.5) is 0 Å². The standard InChI is InChI=1S/C13H16O2/c1-3-4-5-10(2)13(15)11-6-8-12(14)9-7-11/h6-9,14H,2-5H2,1H3. The fourth-order valence-corrected chi connectivity index (χ4v) is 1.32. The molecule has 15 heavy (non-hydrogen) atoms. The Kier molecular flexibility index (Phi) is 4.10. The third kappa shape index (κ3) is 3.24. The summed E-state index contributed by atoms with van der Waals surface area (Å²) in [6.45, 7) is 5.86. The first-order valence-electron chi connectivity index (χ1n) is 5.16. The Morgan fingerprint density at radius 1 is 1.33 bits per heavy atom. The zero-order chi connectivity index (χ0) is 11.3. The fourth-order valence-electron chi connectivity index (χ4n) is 1.32. The smallest absolute Gasteiger partial charge is 0.188 e. The van der Waals surface area contributed by atoms with Crippen molar-refractivity contribution in [2.45, 2.75) is 26.2 Å². The van der Waals surface area contributed by atoms with Crippen molar-refractivity contribution in [3.05, 3.63) is 42.0 Å². The molecule has 2 nitrogen and oxygen atoms in total. The summed E-state index contributed by atoms with van der Waals surface area (Å²) in [5.74, 6) is 0.147. The van der Waals surface area contributed by atoms with Gasteiger partial charge in [0.2, 0.25) is 0 Å². The molecule has 0 unspecified atom stereocenters. The van der Waals surface area contributed by atoms with E-state index in [2.05, 4.69) is 13.5 Å². The molecule has 0 amide bonds. The summed E-state index contributed by atoms with van der Waals surface area (Å²) in [4.78, 5) is 11.8. The van der Waals surface area contributed by atoms with Crippen LogP contribution in [-0.4, -0.2) is 10.9 Å². The van der Waals surface area contributed by atoms with Crippen LogP contribution < -0.4 is 0 Å². The molecule has 0 bridgehead atoms. The lowest BCUT2D eigenvalue weighted by molar-refractivity contribution is 0.103. The van der Waals surface area contributed by atoms with Crippen LogP contribution in [-0.2, 0) is 0 Å². The second kappa shape index (κ2) is 5.35. The number of phenols is 1. The van der Waals surface area contributed by atoms with E-state index in [1.54, 1.807) is 12.1 Å². The molecule has 80 valence electrons. The monoisotopic (exact) mass is 204 g/mol. The lowest BCUT2D eigenvalue weighted by atomic mass is 10.0. The first kappa shape index (κ1) is 11.5. The van der Waals surface area contributed by atoms with Crippen LogP contribution in [0, 0.1) is 0 Å². The molecule has 1 aromatic carbocycles. The molecule has 0 spiro atoms. The van der Waals surface area contributed by atoms with Gasteiger partial charge in [-0.1, -0.05) is 19.9 Å². The summed E-state index contributed by atoms with van der Waals surface area (Å²) in [5.41, 5.74) is 1.23. The summed E-state index contributed by atoms with van der Waals surface area (Å²) < 4.78 is 0. The van der Waals surface area contributed by atoms with Gasteiger partial charge in [-0.25, -0.2) is 0 Å². The van der Waals surface area contributed by atoms with E-state index in [0.717, 1.165) is 19.3 Å². The van der Waals surface area contributed by atoms with Crippen molar-refractivity contribution in [3.63, 3.8) is 0 Å². The fraction of sp³-hybridized carbons (Fsp3) is 0.308. The van der Waals surface area contributed by atoms with Crippen molar-refractivity contribution in [1.29, 1.82) is 0 Å². The topological polar surface area (TPSA) is 37.3 Å². The molecule has 0 fully saturated rings. The largest absolute Gasteiger partial charge is 0.508 e. The average molecular weight is 204 g/mol. The SMILES string of the molecule is C=C(CCCC)C(=O)c1ccc(O)cc1. The number of phenolic OH excluding ortho intramolecular Hbond substituents is 1. The lowest BCUT2D eigenvalue weighted by Crippen LogP contribution is -2.01. The van der Waals surface area contributed by atoms with Gasteiger partial charge in [0.1, 0.15) is 5.75 Å². The number of hydrogen-bond donors (Lipinski definition) is 1. The van der Waals surface area contributed by atoms with Gasteiger partial charge in [-0.2, -0.15) is 0 Å². The van der Waals surface area contributed by atoms with E-state index in [1.165, 1.54) is 12.1 Å². The predicted octanol–water partition coefficient (Wildman–Crippen LogP) is 3.32. The number of aromatic hydroxyl groups is 1. The third-order valence-corrected chi connectivity index (χ3v) is 2.28. The zero-order valence-corrected chi connectivity index (χ0v) is 8.99. The Bertz CT molecular complexity index is 349. The molecule has 0 atom stereocenters. The molecule has 1 rings (SSSR count). The van der Waals surface area contributed by atoms with Gasteiger partial charge in [-0.05, 0) is 42.7 Å². The number of Topliss-reactive ketones (excluding diaryl/α,β-unsaturated/α-hetero) is 1. The number of carbonyl (C=O) groups excluding carboxylic acids is 1. The Morgan fingerprint density at radius 3 is 2.47 bits per heavy atom. The quantitative estimate of drug-likeness (QED) is 0.590. The van der Waals surface area contributed by atoms with E-state index in [1.807, 2.05) is 0 Å². The van der Waals surface area contributed by atoms with Gasteiger partial charge < -0.3 is 5.11 Å². The van der Waals surface area contributed by atoms with Crippen molar-refractivity contribution in [2.24, 2.45) is 0 Å². The number of benzene rings is 1. The van der Waals surface area contributed by atoms with E-state index in [4.69, 9.17) is 5.11 Å². The molecule has 0 aliphatic heterocycles. The Labute approximate surface area is 90.3 Å². The van der Waals surface area contributed by atoms with E-state index >= 15 is 0 Å². The summed E-state index contributed by atoms with van der Waals surface area (Å²) in [6, 6.07) is 6.27. The van der Waals surface area contributed by atoms with Gasteiger partial charge in [-0.3, -0.25) is 4.79 Å². The number of hydrogen-bond acceptors (Lipinski definition) is 2. The van der Waals surface area contributed by atoms with Gasteiger partial charge in [0.05, 0.1) is 0 Å². The Hall–Kier alpha value is -1.57. The number of ketones is 1. The maximum atomic E-state index is 11.8. The molecule has 0 saturated carbocycles. The molecular formula is C13H16O2. The summed E-state index contributed by atoms with van der Waals surface area (Å²) in [5, 5.41) is 9.08. The van der Waals surface area contributed by atoms with Crippen molar-refractivity contribution in [2.75, 3.05) is 0 Å². The van der Waals surface area contributed by atoms with Crippen molar-refractivity contribution >= 4 is 5.78 Å². The third-order valence-electron chi connectivity index (χ3n) is 2.28. The number of allylic oxidation sites excluding steroid dienone is 1. The minimum absolute atomic E-state index is 0.0246. The van der Waals surface area contributed by atoms with Gasteiger partial charge in [-0.15, -0.1) is 0 Å². The van der Waals surface area contributed by atoms with E-state index in [9.17, 15) is 4.79 Å². The van der Waals surface area contributed by atoms with E-state index < -0.39 is 0 Å². The predicted molar refractivity (Wildman–Crippen MR) is 61.1 cm³/mol. The second-order valence-corrected chi connectivity index (χ2v) is 3.58. The molecule has 0 radical (unpaired) electrons. The van der Waals surface area contributed by atoms with Gasteiger partial charge in [0.15, 0.2) is 5.78 Å². The Morgan fingerprint density at radius 2 is 1.93 bits per heavy atom. The van der Waals surface area contributed by atoms with Crippen LogP contribution in [0.1, 0.15) is 36.5 Å². The van der Waals surface area contributed by atoms with Gasteiger partial charge in [0, 0.05) is 5.56 Å². The number of rotatable bonds is 5. The van der Waals surface area contributed by atoms with Crippen LogP contribution in [0.3, 0.4) is 0 Å². The summed E-state index contributed by atoms with van der Waals surface area (Å²) in [7, 11) is 0. The second-order valence-electron chi connectivity index (χ2n) is 3.58. The normalized spacial score (nSPS) is 9.93. The molecule has 1 aromatic rings. The maximum Gasteiger partial charge on any atom is 0.188 e. The van der Waals surface area contributed by atoms with Crippen LogP contribution in [0.15, 0.2) is 36.4 Å². The average Bonchev–Trinajstić information content (AvgIpc) is 2.26. The van der Waals surface area contributed by atoms with Crippen molar-refractivity contribution in [3.8, 4) is 5.75 Å². The van der Waals surface area contributed by atoms with Crippen molar-refractivity contribution < 1.29 is 9.90 Å². The minimum atomic E-state index is -0.0246. The molecule has 1 N–H and O–H groups in total. The highest BCUT2D eigenvalue weighted by molar-refractivity contribution is 6.08. The van der Waals surface area contributed by atoms with Gasteiger partial charge >= 0.3 is 0 Å². The van der Waals surface area contributed by atoms with E-state index in [0.29, 0.717) is 11.1 Å². The molecule has 2 heteroatoms. The van der Waals surface area contributed by atoms with Crippen molar-refractivity contribution in [1.82, 2.24) is 0 Å².